The summed E-state index contributed by atoms with van der Waals surface area (Å²) in [6.45, 7) is 1.25. The minimum Gasteiger partial charge on any atom is -0.508 e. The second-order valence-corrected chi connectivity index (χ2v) is 5.52. The van der Waals surface area contributed by atoms with E-state index in [2.05, 4.69) is 0 Å². The zero-order valence-corrected chi connectivity index (χ0v) is 12.0. The van der Waals surface area contributed by atoms with Crippen LogP contribution >= 0.6 is 0 Å². The third kappa shape index (κ3) is 2.04. The lowest BCUT2D eigenvalue weighted by Crippen LogP contribution is -2.32. The SMILES string of the molecule is O=C(C1=CN2CCOc3cc(O)cc(c32)C1)c1ccccc1. The number of aromatic hydroxyl groups is 1. The van der Waals surface area contributed by atoms with Crippen molar-refractivity contribution in [1.29, 1.82) is 0 Å². The largest absolute Gasteiger partial charge is 0.508 e. The van der Waals surface area contributed by atoms with Gasteiger partial charge in [-0.3, -0.25) is 4.79 Å². The average molecular weight is 293 g/mol. The second-order valence-electron chi connectivity index (χ2n) is 5.52. The van der Waals surface area contributed by atoms with Gasteiger partial charge in [0.05, 0.1) is 12.2 Å². The standard InChI is InChI=1S/C18H15NO3/c20-15-9-13-8-14(18(21)12-4-2-1-3-5-12)11-19-6-7-22-16(10-15)17(13)19/h1-5,9-11,20H,6-8H2. The maximum atomic E-state index is 12.7. The summed E-state index contributed by atoms with van der Waals surface area (Å²) in [5.74, 6) is 0.885. The zero-order chi connectivity index (χ0) is 15.1. The van der Waals surface area contributed by atoms with Crippen LogP contribution in [-0.4, -0.2) is 24.0 Å². The molecule has 4 heteroatoms. The van der Waals surface area contributed by atoms with Crippen molar-refractivity contribution in [2.24, 2.45) is 0 Å². The molecule has 2 heterocycles. The molecular formula is C18H15NO3. The summed E-state index contributed by atoms with van der Waals surface area (Å²) < 4.78 is 5.62. The molecule has 0 unspecified atom stereocenters. The summed E-state index contributed by atoms with van der Waals surface area (Å²) >= 11 is 0. The van der Waals surface area contributed by atoms with Crippen LogP contribution in [0.5, 0.6) is 11.5 Å². The van der Waals surface area contributed by atoms with E-state index in [9.17, 15) is 9.90 Å². The number of phenolic OH excluding ortho intramolecular Hbond substituents is 1. The van der Waals surface area contributed by atoms with Gasteiger partial charge in [0, 0.05) is 29.8 Å². The number of Topliss-reactive ketones (excluding diaryl/α,β-unsaturated/α-hetero) is 1. The van der Waals surface area contributed by atoms with Crippen molar-refractivity contribution in [3.8, 4) is 11.5 Å². The fraction of sp³-hybridized carbons (Fsp3) is 0.167. The van der Waals surface area contributed by atoms with Crippen LogP contribution in [0.3, 0.4) is 0 Å². The minimum absolute atomic E-state index is 0.0302. The molecule has 0 spiro atoms. The van der Waals surface area contributed by atoms with Crippen molar-refractivity contribution in [2.45, 2.75) is 6.42 Å². The number of allylic oxidation sites excluding steroid dienone is 1. The first-order chi connectivity index (χ1) is 10.7. The van der Waals surface area contributed by atoms with Crippen LogP contribution < -0.4 is 9.64 Å². The van der Waals surface area contributed by atoms with Gasteiger partial charge in [-0.2, -0.15) is 0 Å². The number of ketones is 1. The van der Waals surface area contributed by atoms with Gasteiger partial charge in [-0.1, -0.05) is 30.3 Å². The van der Waals surface area contributed by atoms with Crippen molar-refractivity contribution in [1.82, 2.24) is 0 Å². The predicted octanol–water partition coefficient (Wildman–Crippen LogP) is 2.91. The molecule has 4 rings (SSSR count). The second kappa shape index (κ2) is 4.91. The lowest BCUT2D eigenvalue weighted by atomic mass is 9.93. The fourth-order valence-corrected chi connectivity index (χ4v) is 3.07. The first-order valence-corrected chi connectivity index (χ1v) is 7.28. The van der Waals surface area contributed by atoms with Crippen molar-refractivity contribution in [2.75, 3.05) is 18.1 Å². The van der Waals surface area contributed by atoms with E-state index in [4.69, 9.17) is 4.74 Å². The van der Waals surface area contributed by atoms with Gasteiger partial charge in [0.25, 0.3) is 0 Å². The van der Waals surface area contributed by atoms with E-state index in [1.807, 2.05) is 41.4 Å². The minimum atomic E-state index is 0.0302. The average Bonchev–Trinajstić information content (AvgIpc) is 2.54. The van der Waals surface area contributed by atoms with E-state index in [-0.39, 0.29) is 11.5 Å². The van der Waals surface area contributed by atoms with Crippen LogP contribution in [0.4, 0.5) is 5.69 Å². The van der Waals surface area contributed by atoms with Crippen molar-refractivity contribution in [3.05, 3.63) is 65.4 Å². The number of carbonyl (C=O) groups excluding carboxylic acids is 1. The Hall–Kier alpha value is -2.75. The van der Waals surface area contributed by atoms with E-state index < -0.39 is 0 Å². The Morgan fingerprint density at radius 1 is 1.18 bits per heavy atom. The number of rotatable bonds is 2. The predicted molar refractivity (Wildman–Crippen MR) is 83.5 cm³/mol. The summed E-state index contributed by atoms with van der Waals surface area (Å²) in [4.78, 5) is 14.7. The molecule has 2 aliphatic rings. The highest BCUT2D eigenvalue weighted by molar-refractivity contribution is 6.09. The molecule has 0 atom stereocenters. The molecular weight excluding hydrogens is 278 g/mol. The fourth-order valence-electron chi connectivity index (χ4n) is 3.07. The van der Waals surface area contributed by atoms with E-state index in [0.29, 0.717) is 30.9 Å². The summed E-state index contributed by atoms with van der Waals surface area (Å²) in [5, 5.41) is 9.85. The molecule has 0 saturated heterocycles. The molecule has 0 aliphatic carbocycles. The van der Waals surface area contributed by atoms with Gasteiger partial charge in [0.15, 0.2) is 5.78 Å². The molecule has 22 heavy (non-hydrogen) atoms. The summed E-state index contributed by atoms with van der Waals surface area (Å²) in [7, 11) is 0. The third-order valence-electron chi connectivity index (χ3n) is 4.04. The third-order valence-corrected chi connectivity index (χ3v) is 4.04. The molecule has 2 aliphatic heterocycles. The molecule has 110 valence electrons. The number of benzene rings is 2. The van der Waals surface area contributed by atoms with Gasteiger partial charge >= 0.3 is 0 Å². The maximum absolute atomic E-state index is 12.7. The van der Waals surface area contributed by atoms with Gasteiger partial charge in [-0.15, -0.1) is 0 Å². The lowest BCUT2D eigenvalue weighted by Gasteiger charge is -2.34. The van der Waals surface area contributed by atoms with Crippen LogP contribution in [0.2, 0.25) is 0 Å². The van der Waals surface area contributed by atoms with E-state index in [1.54, 1.807) is 12.1 Å². The van der Waals surface area contributed by atoms with Crippen LogP contribution in [0, 0.1) is 0 Å². The summed E-state index contributed by atoms with van der Waals surface area (Å²) in [6.07, 6.45) is 2.42. The number of phenols is 1. The van der Waals surface area contributed by atoms with E-state index >= 15 is 0 Å². The molecule has 4 nitrogen and oxygen atoms in total. The van der Waals surface area contributed by atoms with Gasteiger partial charge in [0.2, 0.25) is 0 Å². The number of nitrogens with zero attached hydrogens (tertiary/aromatic N) is 1. The molecule has 2 aromatic rings. The van der Waals surface area contributed by atoms with E-state index in [0.717, 1.165) is 16.8 Å². The highest BCUT2D eigenvalue weighted by atomic mass is 16.5. The normalized spacial score (nSPS) is 15.6. The van der Waals surface area contributed by atoms with Crippen LogP contribution in [0.25, 0.3) is 0 Å². The van der Waals surface area contributed by atoms with Crippen LogP contribution in [0.1, 0.15) is 15.9 Å². The summed E-state index contributed by atoms with van der Waals surface area (Å²) in [6, 6.07) is 12.6. The highest BCUT2D eigenvalue weighted by Gasteiger charge is 2.28. The molecule has 0 amide bonds. The first kappa shape index (κ1) is 13.0. The zero-order valence-electron chi connectivity index (χ0n) is 12.0. The Labute approximate surface area is 128 Å². The monoisotopic (exact) mass is 293 g/mol. The molecule has 1 N–H and O–H groups in total. The molecule has 0 saturated carbocycles. The number of ether oxygens (including phenoxy) is 1. The van der Waals surface area contributed by atoms with Gasteiger partial charge in [-0.25, -0.2) is 0 Å². The van der Waals surface area contributed by atoms with Gasteiger partial charge < -0.3 is 14.7 Å². The Bertz CT molecular complexity index is 780. The Morgan fingerprint density at radius 2 is 2.00 bits per heavy atom. The topological polar surface area (TPSA) is 49.8 Å². The van der Waals surface area contributed by atoms with Crippen molar-refractivity contribution in [3.63, 3.8) is 0 Å². The smallest absolute Gasteiger partial charge is 0.190 e. The molecule has 0 bridgehead atoms. The van der Waals surface area contributed by atoms with Crippen LogP contribution in [-0.2, 0) is 6.42 Å². The van der Waals surface area contributed by atoms with Gasteiger partial charge in [-0.05, 0) is 11.6 Å². The number of carbonyl (C=O) groups is 1. The van der Waals surface area contributed by atoms with Crippen molar-refractivity contribution < 1.29 is 14.6 Å². The Balaban J connectivity index is 1.76. The number of hydrogen-bond acceptors (Lipinski definition) is 4. The summed E-state index contributed by atoms with van der Waals surface area (Å²) in [5.41, 5.74) is 3.31. The molecule has 0 radical (unpaired) electrons. The van der Waals surface area contributed by atoms with Gasteiger partial charge in [0.1, 0.15) is 18.1 Å². The van der Waals surface area contributed by atoms with Crippen LogP contribution in [0.15, 0.2) is 54.2 Å². The molecule has 2 aromatic carbocycles. The quantitative estimate of drug-likeness (QED) is 0.865. The number of hydrogen-bond donors (Lipinski definition) is 1. The first-order valence-electron chi connectivity index (χ1n) is 7.28. The lowest BCUT2D eigenvalue weighted by molar-refractivity contribution is 0.103. The maximum Gasteiger partial charge on any atom is 0.190 e. The van der Waals surface area contributed by atoms with E-state index in [1.165, 1.54) is 0 Å². The number of anilines is 1. The molecule has 0 fully saturated rings. The molecule has 0 aromatic heterocycles. The Morgan fingerprint density at radius 3 is 2.82 bits per heavy atom. The highest BCUT2D eigenvalue weighted by Crippen LogP contribution is 2.42. The van der Waals surface area contributed by atoms with Crippen molar-refractivity contribution >= 4 is 11.5 Å². The Kier molecular flexibility index (Phi) is 2.89.